The van der Waals surface area contributed by atoms with E-state index in [1.165, 1.54) is 38.5 Å². The number of hydrogen-bond donors (Lipinski definition) is 0. The van der Waals surface area contributed by atoms with Crippen molar-refractivity contribution in [3.8, 4) is 0 Å². The Morgan fingerprint density at radius 2 is 1.79 bits per heavy atom. The number of allylic oxidation sites excluding steroid dienone is 4. The summed E-state index contributed by atoms with van der Waals surface area (Å²) in [4.78, 5) is 0. The van der Waals surface area contributed by atoms with Crippen LogP contribution in [0.4, 0.5) is 8.78 Å². The van der Waals surface area contributed by atoms with Crippen LogP contribution in [-0.4, -0.2) is 0 Å². The molecule has 0 spiro atoms. The first-order valence-electron chi connectivity index (χ1n) is 9.43. The minimum absolute atomic E-state index is 0.360. The van der Waals surface area contributed by atoms with Gasteiger partial charge in [0.15, 0.2) is 11.6 Å². The van der Waals surface area contributed by atoms with Crippen molar-refractivity contribution in [1.82, 2.24) is 0 Å². The lowest BCUT2D eigenvalue weighted by Crippen LogP contribution is -2.21. The monoisotopic (exact) mass is 330 g/mol. The Bertz CT molecular complexity index is 634. The minimum Gasteiger partial charge on any atom is -0.203 e. The molecule has 0 bridgehead atoms. The fourth-order valence-electron chi connectivity index (χ4n) is 4.37. The quantitative estimate of drug-likeness (QED) is 0.567. The third kappa shape index (κ3) is 3.63. The number of halogens is 2. The highest BCUT2D eigenvalue weighted by Gasteiger charge is 2.27. The zero-order valence-corrected chi connectivity index (χ0v) is 14.8. The van der Waals surface area contributed by atoms with E-state index in [0.29, 0.717) is 17.0 Å². The van der Waals surface area contributed by atoms with Crippen LogP contribution in [0.5, 0.6) is 0 Å². The van der Waals surface area contributed by atoms with E-state index >= 15 is 0 Å². The van der Waals surface area contributed by atoms with E-state index in [-0.39, 0.29) is 0 Å². The lowest BCUT2D eigenvalue weighted by molar-refractivity contribution is 0.221. The van der Waals surface area contributed by atoms with Crippen LogP contribution in [0.25, 0.3) is 5.57 Å². The zero-order valence-electron chi connectivity index (χ0n) is 14.8. The summed E-state index contributed by atoms with van der Waals surface area (Å²) in [5.41, 5.74) is 1.57. The summed E-state index contributed by atoms with van der Waals surface area (Å²) >= 11 is 0. The van der Waals surface area contributed by atoms with Crippen molar-refractivity contribution >= 4 is 5.57 Å². The second-order valence-electron chi connectivity index (χ2n) is 7.55. The molecular formula is C22H28F2. The molecule has 2 aliphatic carbocycles. The van der Waals surface area contributed by atoms with Crippen molar-refractivity contribution in [2.45, 2.75) is 58.8 Å². The van der Waals surface area contributed by atoms with Gasteiger partial charge in [-0.3, -0.25) is 0 Å². The van der Waals surface area contributed by atoms with Crippen LogP contribution in [0.3, 0.4) is 0 Å². The molecule has 0 saturated heterocycles. The molecular weight excluding hydrogens is 302 g/mol. The van der Waals surface area contributed by atoms with Gasteiger partial charge in [0.1, 0.15) is 0 Å². The Balaban J connectivity index is 1.63. The van der Waals surface area contributed by atoms with Crippen LogP contribution < -0.4 is 0 Å². The van der Waals surface area contributed by atoms with Gasteiger partial charge in [0.05, 0.1) is 0 Å². The van der Waals surface area contributed by atoms with Crippen LogP contribution in [0, 0.1) is 36.3 Å². The number of benzene rings is 1. The summed E-state index contributed by atoms with van der Waals surface area (Å²) in [6.07, 6.45) is 15.3. The van der Waals surface area contributed by atoms with Gasteiger partial charge in [-0.25, -0.2) is 8.78 Å². The van der Waals surface area contributed by atoms with Crippen LogP contribution >= 0.6 is 0 Å². The lowest BCUT2D eigenvalue weighted by atomic mass is 9.72. The van der Waals surface area contributed by atoms with Gasteiger partial charge >= 0.3 is 0 Å². The van der Waals surface area contributed by atoms with Gasteiger partial charge in [-0.1, -0.05) is 63.0 Å². The Morgan fingerprint density at radius 1 is 1.04 bits per heavy atom. The Labute approximate surface area is 144 Å². The highest BCUT2D eigenvalue weighted by Crippen LogP contribution is 2.39. The molecule has 3 rings (SSSR count). The molecule has 130 valence electrons. The molecule has 1 unspecified atom stereocenters. The van der Waals surface area contributed by atoms with Gasteiger partial charge in [-0.15, -0.1) is 0 Å². The average molecular weight is 330 g/mol. The van der Waals surface area contributed by atoms with E-state index < -0.39 is 11.6 Å². The third-order valence-corrected chi connectivity index (χ3v) is 5.91. The number of aryl methyl sites for hydroxylation is 1. The SMILES string of the molecule is CCC[C@H]1CC[C@H](C2C=CC(c3ccc(C)c(F)c3F)=CC2)CC1. The van der Waals surface area contributed by atoms with Crippen molar-refractivity contribution in [2.75, 3.05) is 0 Å². The van der Waals surface area contributed by atoms with Gasteiger partial charge < -0.3 is 0 Å². The molecule has 1 fully saturated rings. The molecule has 0 amide bonds. The zero-order chi connectivity index (χ0) is 17.1. The van der Waals surface area contributed by atoms with Crippen LogP contribution in [0.1, 0.15) is 63.0 Å². The van der Waals surface area contributed by atoms with E-state index in [1.54, 1.807) is 19.1 Å². The Kier molecular flexibility index (Phi) is 5.53. The molecule has 0 heterocycles. The Hall–Kier alpha value is -1.44. The molecule has 2 heteroatoms. The maximum Gasteiger partial charge on any atom is 0.166 e. The molecule has 0 radical (unpaired) electrons. The van der Waals surface area contributed by atoms with E-state index in [1.807, 2.05) is 6.08 Å². The molecule has 0 aliphatic heterocycles. The second kappa shape index (κ2) is 7.63. The summed E-state index contributed by atoms with van der Waals surface area (Å²) in [6, 6.07) is 3.35. The molecule has 24 heavy (non-hydrogen) atoms. The predicted molar refractivity (Wildman–Crippen MR) is 96.7 cm³/mol. The fourth-order valence-corrected chi connectivity index (χ4v) is 4.37. The molecule has 0 nitrogen and oxygen atoms in total. The highest BCUT2D eigenvalue weighted by molar-refractivity contribution is 5.75. The maximum atomic E-state index is 14.2. The first-order valence-corrected chi connectivity index (χ1v) is 9.43. The van der Waals surface area contributed by atoms with Crippen LogP contribution in [0.15, 0.2) is 30.4 Å². The molecule has 1 aromatic rings. The van der Waals surface area contributed by atoms with Crippen molar-refractivity contribution in [2.24, 2.45) is 17.8 Å². The smallest absolute Gasteiger partial charge is 0.166 e. The first-order chi connectivity index (χ1) is 11.6. The maximum absolute atomic E-state index is 14.2. The summed E-state index contributed by atoms with van der Waals surface area (Å²) < 4.78 is 28.0. The first kappa shape index (κ1) is 17.4. The van der Waals surface area contributed by atoms with E-state index in [0.717, 1.165) is 23.8 Å². The molecule has 0 N–H and O–H groups in total. The van der Waals surface area contributed by atoms with Crippen molar-refractivity contribution in [3.63, 3.8) is 0 Å². The van der Waals surface area contributed by atoms with Gasteiger partial charge in [-0.05, 0) is 55.1 Å². The number of hydrogen-bond acceptors (Lipinski definition) is 0. The van der Waals surface area contributed by atoms with E-state index in [2.05, 4.69) is 19.1 Å². The second-order valence-corrected chi connectivity index (χ2v) is 7.55. The van der Waals surface area contributed by atoms with E-state index in [9.17, 15) is 8.78 Å². The summed E-state index contributed by atoms with van der Waals surface area (Å²) in [5.74, 6) is 0.804. The number of rotatable bonds is 4. The van der Waals surface area contributed by atoms with Crippen LogP contribution in [-0.2, 0) is 0 Å². The Morgan fingerprint density at radius 3 is 2.42 bits per heavy atom. The molecule has 1 atom stereocenters. The molecule has 0 aromatic heterocycles. The summed E-state index contributed by atoms with van der Waals surface area (Å²) in [6.45, 7) is 3.87. The van der Waals surface area contributed by atoms with Crippen molar-refractivity contribution in [1.29, 1.82) is 0 Å². The normalized spacial score (nSPS) is 27.2. The molecule has 2 aliphatic rings. The molecule has 1 saturated carbocycles. The van der Waals surface area contributed by atoms with Gasteiger partial charge in [0.2, 0.25) is 0 Å². The average Bonchev–Trinajstić information content (AvgIpc) is 2.61. The topological polar surface area (TPSA) is 0 Å². The minimum atomic E-state index is -0.724. The lowest BCUT2D eigenvalue weighted by Gasteiger charge is -2.33. The van der Waals surface area contributed by atoms with Gasteiger partial charge in [-0.2, -0.15) is 0 Å². The highest BCUT2D eigenvalue weighted by atomic mass is 19.2. The predicted octanol–water partition coefficient (Wildman–Crippen LogP) is 6.84. The van der Waals surface area contributed by atoms with Crippen LogP contribution in [0.2, 0.25) is 0 Å². The van der Waals surface area contributed by atoms with Gasteiger partial charge in [0, 0.05) is 5.56 Å². The molecule has 1 aromatic carbocycles. The van der Waals surface area contributed by atoms with Crippen molar-refractivity contribution < 1.29 is 8.78 Å². The third-order valence-electron chi connectivity index (χ3n) is 5.91. The standard InChI is InChI=1S/C22H28F2/c1-3-4-16-6-8-17(9-7-16)18-10-12-19(13-11-18)20-14-5-15(2)21(23)22(20)24/h5,10,12-14,16-18H,3-4,6-9,11H2,1-2H3/t16-,17-,18?. The van der Waals surface area contributed by atoms with Crippen molar-refractivity contribution in [3.05, 3.63) is 53.1 Å². The summed E-state index contributed by atoms with van der Waals surface area (Å²) in [5, 5.41) is 0. The summed E-state index contributed by atoms with van der Waals surface area (Å²) in [7, 11) is 0. The fraction of sp³-hybridized carbons (Fsp3) is 0.545. The van der Waals surface area contributed by atoms with E-state index in [4.69, 9.17) is 0 Å². The largest absolute Gasteiger partial charge is 0.203 e. The van der Waals surface area contributed by atoms with Gasteiger partial charge in [0.25, 0.3) is 0 Å².